The number of nitrogens with two attached hydrogens (primary N) is 1. The molecule has 0 spiro atoms. The number of hydrogen-bond donors (Lipinski definition) is 2. The average Bonchev–Trinajstić information content (AvgIpc) is 2.64. The summed E-state index contributed by atoms with van der Waals surface area (Å²) in [7, 11) is 0. The quantitative estimate of drug-likeness (QED) is 0.735. The minimum atomic E-state index is -0.912. The second-order valence-electron chi connectivity index (χ2n) is 4.47. The van der Waals surface area contributed by atoms with Gasteiger partial charge < -0.3 is 15.7 Å². The number of carboxylic acids is 1. The molecule has 1 aliphatic heterocycles. The number of nitrogens with zero attached hydrogens (tertiary/aromatic N) is 1. The lowest BCUT2D eigenvalue weighted by Crippen LogP contribution is -2.54. The monoisotopic (exact) mass is 244 g/mol. The lowest BCUT2D eigenvalue weighted by molar-refractivity contribution is -0.155. The van der Waals surface area contributed by atoms with Crippen molar-refractivity contribution < 1.29 is 14.7 Å². The number of carboxylic acid groups (broad SMARTS) is 1. The molecule has 2 fully saturated rings. The van der Waals surface area contributed by atoms with Crippen molar-refractivity contribution >= 4 is 23.6 Å². The van der Waals surface area contributed by atoms with Crippen LogP contribution in [0.3, 0.4) is 0 Å². The summed E-state index contributed by atoms with van der Waals surface area (Å²) in [6.45, 7) is 0.333. The first-order chi connectivity index (χ1) is 7.60. The van der Waals surface area contributed by atoms with Gasteiger partial charge in [-0.2, -0.15) is 0 Å². The topological polar surface area (TPSA) is 83.6 Å². The van der Waals surface area contributed by atoms with Crippen LogP contribution in [0, 0.1) is 5.41 Å². The number of thioether (sulfide) groups is 1. The molecular weight excluding hydrogens is 228 g/mol. The second-order valence-corrected chi connectivity index (χ2v) is 5.47. The molecule has 1 aliphatic carbocycles. The summed E-state index contributed by atoms with van der Waals surface area (Å²) in [4.78, 5) is 24.7. The fourth-order valence-electron chi connectivity index (χ4n) is 2.26. The Morgan fingerprint density at radius 2 is 2.19 bits per heavy atom. The van der Waals surface area contributed by atoms with Gasteiger partial charge in [-0.25, -0.2) is 4.79 Å². The van der Waals surface area contributed by atoms with E-state index in [1.165, 1.54) is 16.7 Å². The summed E-state index contributed by atoms with van der Waals surface area (Å²) >= 11 is 1.49. The van der Waals surface area contributed by atoms with E-state index in [0.717, 1.165) is 19.3 Å². The highest BCUT2D eigenvalue weighted by Gasteiger charge is 2.48. The highest BCUT2D eigenvalue weighted by molar-refractivity contribution is 7.99. The van der Waals surface area contributed by atoms with Crippen LogP contribution in [0.2, 0.25) is 0 Å². The van der Waals surface area contributed by atoms with Gasteiger partial charge in [-0.15, -0.1) is 11.8 Å². The fourth-order valence-corrected chi connectivity index (χ4v) is 3.41. The Hall–Kier alpha value is -0.750. The van der Waals surface area contributed by atoms with Gasteiger partial charge >= 0.3 is 5.97 Å². The van der Waals surface area contributed by atoms with Gasteiger partial charge in [0, 0.05) is 12.3 Å². The van der Waals surface area contributed by atoms with E-state index in [1.54, 1.807) is 0 Å². The van der Waals surface area contributed by atoms with E-state index in [2.05, 4.69) is 0 Å². The third-order valence-electron chi connectivity index (χ3n) is 3.58. The highest BCUT2D eigenvalue weighted by atomic mass is 32.2. The predicted molar refractivity (Wildman–Crippen MR) is 60.9 cm³/mol. The van der Waals surface area contributed by atoms with E-state index in [-0.39, 0.29) is 5.91 Å². The SMILES string of the molecule is NCC1(C(=O)N2CSCC2C(=O)O)CCC1. The van der Waals surface area contributed by atoms with Gasteiger partial charge in [-0.05, 0) is 12.8 Å². The molecule has 3 N–H and O–H groups in total. The predicted octanol–water partition coefficient (Wildman–Crippen LogP) is 0.101. The molecule has 5 nitrogen and oxygen atoms in total. The Bertz CT molecular complexity index is 312. The Balaban J connectivity index is 2.12. The van der Waals surface area contributed by atoms with Gasteiger partial charge in [0.15, 0.2) is 0 Å². The number of rotatable bonds is 3. The molecule has 16 heavy (non-hydrogen) atoms. The van der Waals surface area contributed by atoms with Crippen LogP contribution in [-0.2, 0) is 9.59 Å². The summed E-state index contributed by atoms with van der Waals surface area (Å²) in [6.07, 6.45) is 2.62. The molecule has 1 heterocycles. The number of amides is 1. The average molecular weight is 244 g/mol. The summed E-state index contributed by atoms with van der Waals surface area (Å²) in [5.74, 6) is 0.00252. The van der Waals surface area contributed by atoms with E-state index in [4.69, 9.17) is 10.8 Å². The fraction of sp³-hybridized carbons (Fsp3) is 0.800. The third kappa shape index (κ3) is 1.69. The summed E-state index contributed by atoms with van der Waals surface area (Å²) in [5, 5.41) is 9.02. The van der Waals surface area contributed by atoms with Crippen molar-refractivity contribution in [3.63, 3.8) is 0 Å². The van der Waals surface area contributed by atoms with Crippen LogP contribution in [0.5, 0.6) is 0 Å². The smallest absolute Gasteiger partial charge is 0.327 e. The van der Waals surface area contributed by atoms with E-state index in [9.17, 15) is 9.59 Å². The molecule has 1 unspecified atom stereocenters. The zero-order chi connectivity index (χ0) is 11.8. The molecule has 1 amide bonds. The Labute approximate surface area is 98.4 Å². The maximum atomic E-state index is 12.3. The molecule has 90 valence electrons. The first-order valence-corrected chi connectivity index (χ1v) is 6.58. The largest absolute Gasteiger partial charge is 0.480 e. The Morgan fingerprint density at radius 3 is 2.62 bits per heavy atom. The molecule has 1 atom stereocenters. The van der Waals surface area contributed by atoms with E-state index < -0.39 is 17.4 Å². The molecule has 0 bridgehead atoms. The van der Waals surface area contributed by atoms with Crippen molar-refractivity contribution in [3.8, 4) is 0 Å². The minimum absolute atomic E-state index is 0.0568. The second kappa shape index (κ2) is 4.25. The first-order valence-electron chi connectivity index (χ1n) is 5.42. The molecule has 1 saturated heterocycles. The molecule has 2 rings (SSSR count). The Morgan fingerprint density at radius 1 is 1.50 bits per heavy atom. The van der Waals surface area contributed by atoms with Crippen molar-refractivity contribution in [1.82, 2.24) is 4.90 Å². The zero-order valence-electron chi connectivity index (χ0n) is 9.02. The molecule has 6 heteroatoms. The lowest BCUT2D eigenvalue weighted by Gasteiger charge is -2.42. The Kier molecular flexibility index (Phi) is 3.12. The number of aliphatic carboxylic acids is 1. The first kappa shape index (κ1) is 11.7. The van der Waals surface area contributed by atoms with Gasteiger partial charge in [0.25, 0.3) is 0 Å². The van der Waals surface area contributed by atoms with Gasteiger partial charge in [0.1, 0.15) is 6.04 Å². The van der Waals surface area contributed by atoms with E-state index >= 15 is 0 Å². The van der Waals surface area contributed by atoms with Gasteiger partial charge in [-0.1, -0.05) is 6.42 Å². The molecule has 0 aromatic rings. The van der Waals surface area contributed by atoms with E-state index in [0.29, 0.717) is 18.2 Å². The highest BCUT2D eigenvalue weighted by Crippen LogP contribution is 2.43. The standard InChI is InChI=1S/C10H16N2O3S/c11-5-10(2-1-3-10)9(15)12-6-16-4-7(12)8(13)14/h7H,1-6,11H2,(H,13,14). The summed E-state index contributed by atoms with van der Waals surface area (Å²) in [6, 6.07) is -0.665. The molecule has 0 aromatic heterocycles. The van der Waals surface area contributed by atoms with Crippen LogP contribution in [0.15, 0.2) is 0 Å². The third-order valence-corrected chi connectivity index (χ3v) is 4.60. The van der Waals surface area contributed by atoms with Crippen molar-refractivity contribution in [1.29, 1.82) is 0 Å². The maximum absolute atomic E-state index is 12.3. The van der Waals surface area contributed by atoms with Crippen LogP contribution >= 0.6 is 11.8 Å². The number of carbonyl (C=O) groups is 2. The molecule has 1 saturated carbocycles. The normalized spacial score (nSPS) is 27.6. The summed E-state index contributed by atoms with van der Waals surface area (Å²) < 4.78 is 0. The summed E-state index contributed by atoms with van der Waals surface area (Å²) in [5.41, 5.74) is 5.20. The lowest BCUT2D eigenvalue weighted by atomic mass is 9.67. The number of carbonyl (C=O) groups excluding carboxylic acids is 1. The van der Waals surface area contributed by atoms with Crippen molar-refractivity contribution in [2.24, 2.45) is 11.1 Å². The van der Waals surface area contributed by atoms with Gasteiger partial charge in [0.05, 0.1) is 11.3 Å². The van der Waals surface area contributed by atoms with Crippen LogP contribution < -0.4 is 5.73 Å². The van der Waals surface area contributed by atoms with Gasteiger partial charge in [-0.3, -0.25) is 4.79 Å². The van der Waals surface area contributed by atoms with Crippen molar-refractivity contribution in [2.75, 3.05) is 18.2 Å². The van der Waals surface area contributed by atoms with Crippen LogP contribution in [0.1, 0.15) is 19.3 Å². The maximum Gasteiger partial charge on any atom is 0.327 e. The van der Waals surface area contributed by atoms with Gasteiger partial charge in [0.2, 0.25) is 5.91 Å². The van der Waals surface area contributed by atoms with Crippen molar-refractivity contribution in [2.45, 2.75) is 25.3 Å². The van der Waals surface area contributed by atoms with Crippen molar-refractivity contribution in [3.05, 3.63) is 0 Å². The molecule has 0 aromatic carbocycles. The number of hydrogen-bond acceptors (Lipinski definition) is 4. The minimum Gasteiger partial charge on any atom is -0.480 e. The van der Waals surface area contributed by atoms with Crippen LogP contribution in [0.25, 0.3) is 0 Å². The molecule has 0 radical (unpaired) electrons. The van der Waals surface area contributed by atoms with Crippen LogP contribution in [0.4, 0.5) is 0 Å². The molecule has 2 aliphatic rings. The van der Waals surface area contributed by atoms with E-state index in [1.807, 2.05) is 0 Å². The zero-order valence-corrected chi connectivity index (χ0v) is 9.83. The van der Waals surface area contributed by atoms with Crippen LogP contribution in [-0.4, -0.2) is 46.1 Å². The molecular formula is C10H16N2O3S.